The summed E-state index contributed by atoms with van der Waals surface area (Å²) < 4.78 is 0. The summed E-state index contributed by atoms with van der Waals surface area (Å²) >= 11 is 0. The summed E-state index contributed by atoms with van der Waals surface area (Å²) in [5.74, 6) is 0.124. The second kappa shape index (κ2) is 1.74. The highest BCUT2D eigenvalue weighted by Gasteiger charge is 2.23. The lowest BCUT2D eigenvalue weighted by molar-refractivity contribution is -0.141. The summed E-state index contributed by atoms with van der Waals surface area (Å²) in [7, 11) is 0. The van der Waals surface area contributed by atoms with Gasteiger partial charge < -0.3 is 0 Å². The molecule has 1 N–H and O–H groups in total. The van der Waals surface area contributed by atoms with Crippen LogP contribution in [0.5, 0.6) is 0 Å². The van der Waals surface area contributed by atoms with Crippen LogP contribution in [0.2, 0.25) is 0 Å². The van der Waals surface area contributed by atoms with Crippen LogP contribution in [0.1, 0.15) is 13.8 Å². The van der Waals surface area contributed by atoms with E-state index in [-0.39, 0.29) is 5.91 Å². The van der Waals surface area contributed by atoms with E-state index in [0.29, 0.717) is 12.6 Å². The molecule has 1 amide bonds. The summed E-state index contributed by atoms with van der Waals surface area (Å²) in [4.78, 5) is 10.3. The predicted octanol–water partition coefficient (Wildman–Crippen LogP) is -0.258. The molecule has 3 heteroatoms. The van der Waals surface area contributed by atoms with E-state index in [4.69, 9.17) is 0 Å². The maximum Gasteiger partial charge on any atom is 0.250 e. The smallest absolute Gasteiger partial charge is 0.250 e. The van der Waals surface area contributed by atoms with Gasteiger partial charge in [-0.05, 0) is 13.8 Å². The van der Waals surface area contributed by atoms with Crippen molar-refractivity contribution >= 4 is 5.91 Å². The number of nitrogens with one attached hydrogen (secondary N) is 1. The number of hydrazine groups is 1. The third kappa shape index (κ3) is 0.816. The largest absolute Gasteiger partial charge is 0.287 e. The minimum absolute atomic E-state index is 0.124. The minimum atomic E-state index is 0.124. The van der Waals surface area contributed by atoms with Crippen LogP contribution < -0.4 is 5.43 Å². The van der Waals surface area contributed by atoms with Crippen LogP contribution in [0.15, 0.2) is 0 Å². The topological polar surface area (TPSA) is 32.3 Å². The Kier molecular flexibility index (Phi) is 1.21. The molecule has 0 aromatic heterocycles. The Morgan fingerprint density at radius 3 is 2.38 bits per heavy atom. The molecule has 46 valence electrons. The van der Waals surface area contributed by atoms with Gasteiger partial charge in [0.2, 0.25) is 5.91 Å². The number of rotatable bonds is 1. The molecular formula is C5H10N2O. The van der Waals surface area contributed by atoms with Gasteiger partial charge in [0.1, 0.15) is 0 Å². The van der Waals surface area contributed by atoms with Crippen LogP contribution in [-0.4, -0.2) is 23.5 Å². The van der Waals surface area contributed by atoms with Crippen LogP contribution in [0.25, 0.3) is 0 Å². The van der Waals surface area contributed by atoms with Crippen LogP contribution >= 0.6 is 0 Å². The van der Waals surface area contributed by atoms with Gasteiger partial charge in [-0.15, -0.1) is 0 Å². The molecule has 0 spiro atoms. The highest BCUT2D eigenvalue weighted by Crippen LogP contribution is 1.99. The van der Waals surface area contributed by atoms with E-state index in [9.17, 15) is 4.79 Å². The van der Waals surface area contributed by atoms with Gasteiger partial charge >= 0.3 is 0 Å². The molecule has 0 aliphatic carbocycles. The summed E-state index contributed by atoms with van der Waals surface area (Å²) in [5.41, 5.74) is 2.64. The van der Waals surface area contributed by atoms with Crippen LogP contribution in [0, 0.1) is 0 Å². The fourth-order valence-electron chi connectivity index (χ4n) is 0.610. The number of amides is 1. The van der Waals surface area contributed by atoms with Crippen molar-refractivity contribution in [2.75, 3.05) is 6.54 Å². The molecular weight excluding hydrogens is 104 g/mol. The third-order valence-electron chi connectivity index (χ3n) is 1.21. The van der Waals surface area contributed by atoms with Crippen molar-refractivity contribution < 1.29 is 4.79 Å². The summed E-state index contributed by atoms with van der Waals surface area (Å²) in [6.07, 6.45) is 0. The fraction of sp³-hybridized carbons (Fsp3) is 0.800. The molecule has 1 saturated heterocycles. The lowest BCUT2D eigenvalue weighted by atomic mass is 10.3. The number of carbonyl (C=O) groups is 1. The van der Waals surface area contributed by atoms with Gasteiger partial charge in [-0.2, -0.15) is 0 Å². The van der Waals surface area contributed by atoms with Crippen LogP contribution in [-0.2, 0) is 4.79 Å². The standard InChI is InChI=1S/C5H10N2O/c1-4(2)7-3-5(8)6-7/h4H,3H2,1-2H3,(H,6,8). The molecule has 0 aromatic carbocycles. The van der Waals surface area contributed by atoms with E-state index in [0.717, 1.165) is 0 Å². The Bertz CT molecular complexity index is 103. The van der Waals surface area contributed by atoms with Crippen molar-refractivity contribution in [3.05, 3.63) is 0 Å². The van der Waals surface area contributed by atoms with Crippen molar-refractivity contribution in [1.82, 2.24) is 10.4 Å². The Morgan fingerprint density at radius 1 is 1.75 bits per heavy atom. The van der Waals surface area contributed by atoms with Gasteiger partial charge in [-0.1, -0.05) is 0 Å². The van der Waals surface area contributed by atoms with Crippen molar-refractivity contribution in [3.8, 4) is 0 Å². The molecule has 0 unspecified atom stereocenters. The normalized spacial score (nSPS) is 20.6. The lowest BCUT2D eigenvalue weighted by Gasteiger charge is -2.34. The first-order valence-corrected chi connectivity index (χ1v) is 2.76. The molecule has 1 fully saturated rings. The zero-order chi connectivity index (χ0) is 6.15. The maximum atomic E-state index is 10.3. The molecule has 3 nitrogen and oxygen atoms in total. The second-order valence-corrected chi connectivity index (χ2v) is 2.26. The molecule has 1 aliphatic rings. The molecule has 0 saturated carbocycles. The SMILES string of the molecule is CC(C)N1CC(=O)N1. The van der Waals surface area contributed by atoms with Gasteiger partial charge in [0.05, 0.1) is 6.54 Å². The molecule has 8 heavy (non-hydrogen) atoms. The highest BCUT2D eigenvalue weighted by molar-refractivity contribution is 5.82. The Morgan fingerprint density at radius 2 is 2.25 bits per heavy atom. The average Bonchev–Trinajstić information content (AvgIpc) is 1.57. The zero-order valence-electron chi connectivity index (χ0n) is 5.14. The first-order valence-electron chi connectivity index (χ1n) is 2.76. The second-order valence-electron chi connectivity index (χ2n) is 2.26. The Hall–Kier alpha value is -0.570. The summed E-state index contributed by atoms with van der Waals surface area (Å²) in [5, 5.41) is 1.89. The lowest BCUT2D eigenvalue weighted by Crippen LogP contribution is -2.61. The molecule has 0 bridgehead atoms. The average molecular weight is 114 g/mol. The van der Waals surface area contributed by atoms with Gasteiger partial charge in [-0.25, -0.2) is 5.01 Å². The quantitative estimate of drug-likeness (QED) is 0.509. The molecule has 0 aromatic rings. The van der Waals surface area contributed by atoms with E-state index >= 15 is 0 Å². The predicted molar refractivity (Wildman–Crippen MR) is 30.0 cm³/mol. The Labute approximate surface area is 48.6 Å². The highest BCUT2D eigenvalue weighted by atomic mass is 16.2. The van der Waals surface area contributed by atoms with Crippen molar-refractivity contribution in [1.29, 1.82) is 0 Å². The minimum Gasteiger partial charge on any atom is -0.287 e. The maximum absolute atomic E-state index is 10.3. The molecule has 0 atom stereocenters. The third-order valence-corrected chi connectivity index (χ3v) is 1.21. The van der Waals surface area contributed by atoms with E-state index < -0.39 is 0 Å². The van der Waals surface area contributed by atoms with E-state index in [2.05, 4.69) is 5.43 Å². The van der Waals surface area contributed by atoms with Crippen LogP contribution in [0.4, 0.5) is 0 Å². The monoisotopic (exact) mass is 114 g/mol. The van der Waals surface area contributed by atoms with Crippen molar-refractivity contribution in [3.63, 3.8) is 0 Å². The first-order chi connectivity index (χ1) is 3.70. The number of hydrogen-bond acceptors (Lipinski definition) is 2. The molecule has 0 radical (unpaired) electrons. The number of nitrogens with zero attached hydrogens (tertiary/aromatic N) is 1. The molecule has 1 heterocycles. The van der Waals surface area contributed by atoms with Crippen LogP contribution in [0.3, 0.4) is 0 Å². The van der Waals surface area contributed by atoms with Gasteiger partial charge in [-0.3, -0.25) is 10.2 Å². The van der Waals surface area contributed by atoms with E-state index in [1.54, 1.807) is 0 Å². The zero-order valence-corrected chi connectivity index (χ0v) is 5.14. The Balaban J connectivity index is 2.25. The van der Waals surface area contributed by atoms with Gasteiger partial charge in [0.25, 0.3) is 0 Å². The van der Waals surface area contributed by atoms with E-state index in [1.165, 1.54) is 0 Å². The number of carbonyl (C=O) groups excluding carboxylic acids is 1. The summed E-state index contributed by atoms with van der Waals surface area (Å²) in [6, 6.07) is 0.438. The van der Waals surface area contributed by atoms with E-state index in [1.807, 2.05) is 18.9 Å². The first kappa shape index (κ1) is 5.56. The van der Waals surface area contributed by atoms with Gasteiger partial charge in [0, 0.05) is 6.04 Å². The van der Waals surface area contributed by atoms with Crippen molar-refractivity contribution in [2.24, 2.45) is 0 Å². The summed E-state index contributed by atoms with van der Waals surface area (Å²) in [6.45, 7) is 4.65. The molecule has 1 aliphatic heterocycles. The fourth-order valence-corrected chi connectivity index (χ4v) is 0.610. The molecule has 1 rings (SSSR count). The van der Waals surface area contributed by atoms with Gasteiger partial charge in [0.15, 0.2) is 0 Å². The number of hydrogen-bond donors (Lipinski definition) is 1. The van der Waals surface area contributed by atoms with Crippen molar-refractivity contribution in [2.45, 2.75) is 19.9 Å².